The van der Waals surface area contributed by atoms with Gasteiger partial charge in [0.2, 0.25) is 5.91 Å². The molecule has 1 unspecified atom stereocenters. The van der Waals surface area contributed by atoms with E-state index in [0.29, 0.717) is 16.3 Å². The van der Waals surface area contributed by atoms with Crippen LogP contribution in [0.4, 0.5) is 5.69 Å². The predicted molar refractivity (Wildman–Crippen MR) is 84.0 cm³/mol. The maximum Gasteiger partial charge on any atom is 0.224 e. The summed E-state index contributed by atoms with van der Waals surface area (Å²) in [7, 11) is 0. The number of aliphatic hydroxyl groups excluding tert-OH is 1. The summed E-state index contributed by atoms with van der Waals surface area (Å²) < 4.78 is 0. The molecule has 0 aliphatic rings. The van der Waals surface area contributed by atoms with Crippen LogP contribution >= 0.6 is 11.6 Å². The van der Waals surface area contributed by atoms with E-state index >= 15 is 0 Å². The summed E-state index contributed by atoms with van der Waals surface area (Å²) in [5.74, 6) is -0.146. The molecule has 0 aliphatic carbocycles. The summed E-state index contributed by atoms with van der Waals surface area (Å²) in [6.07, 6.45) is -0.495. The zero-order chi connectivity index (χ0) is 15.2. The maximum atomic E-state index is 11.8. The van der Waals surface area contributed by atoms with E-state index in [9.17, 15) is 9.90 Å². The molecule has 2 aromatic rings. The van der Waals surface area contributed by atoms with Crippen molar-refractivity contribution < 1.29 is 9.90 Å². The lowest BCUT2D eigenvalue weighted by atomic mass is 10.1. The van der Waals surface area contributed by atoms with Gasteiger partial charge in [-0.2, -0.15) is 0 Å². The third-order valence-electron chi connectivity index (χ3n) is 3.09. The van der Waals surface area contributed by atoms with Crippen LogP contribution in [0.5, 0.6) is 0 Å². The molecule has 4 N–H and O–H groups in total. The van der Waals surface area contributed by atoms with Crippen molar-refractivity contribution >= 4 is 23.2 Å². The Balaban J connectivity index is 1.83. The quantitative estimate of drug-likeness (QED) is 0.742. The van der Waals surface area contributed by atoms with Gasteiger partial charge < -0.3 is 16.2 Å². The average Bonchev–Trinajstić information content (AvgIpc) is 2.48. The molecule has 5 heteroatoms. The van der Waals surface area contributed by atoms with Gasteiger partial charge in [-0.15, -0.1) is 0 Å². The number of halogens is 1. The molecule has 21 heavy (non-hydrogen) atoms. The average molecular weight is 305 g/mol. The van der Waals surface area contributed by atoms with Gasteiger partial charge in [0, 0.05) is 17.3 Å². The zero-order valence-corrected chi connectivity index (χ0v) is 12.2. The largest absolute Gasteiger partial charge is 0.399 e. The van der Waals surface area contributed by atoms with Crippen molar-refractivity contribution in [1.82, 2.24) is 5.32 Å². The van der Waals surface area contributed by atoms with Crippen LogP contribution in [0.1, 0.15) is 17.2 Å². The second-order valence-corrected chi connectivity index (χ2v) is 5.23. The van der Waals surface area contributed by atoms with E-state index in [4.69, 9.17) is 17.3 Å². The van der Waals surface area contributed by atoms with Gasteiger partial charge in [-0.3, -0.25) is 4.79 Å². The fourth-order valence-electron chi connectivity index (χ4n) is 1.90. The first-order valence-corrected chi connectivity index (χ1v) is 6.97. The van der Waals surface area contributed by atoms with E-state index in [-0.39, 0.29) is 18.9 Å². The number of hydrogen-bond acceptors (Lipinski definition) is 3. The molecule has 0 saturated heterocycles. The molecule has 1 atom stereocenters. The van der Waals surface area contributed by atoms with Crippen molar-refractivity contribution in [3.8, 4) is 0 Å². The monoisotopic (exact) mass is 304 g/mol. The maximum absolute atomic E-state index is 11.8. The number of nitrogens with one attached hydrogen (secondary N) is 1. The third-order valence-corrected chi connectivity index (χ3v) is 3.34. The summed E-state index contributed by atoms with van der Waals surface area (Å²) in [6.45, 7) is 0.162. The Morgan fingerprint density at radius 2 is 1.76 bits per heavy atom. The van der Waals surface area contributed by atoms with Crippen LogP contribution in [0.2, 0.25) is 5.02 Å². The van der Waals surface area contributed by atoms with E-state index in [0.717, 1.165) is 5.56 Å². The van der Waals surface area contributed by atoms with E-state index < -0.39 is 6.10 Å². The number of amides is 1. The highest BCUT2D eigenvalue weighted by molar-refractivity contribution is 6.30. The fraction of sp³-hybridized carbons (Fsp3) is 0.188. The number of carbonyl (C=O) groups is 1. The van der Waals surface area contributed by atoms with E-state index in [1.54, 1.807) is 36.4 Å². The van der Waals surface area contributed by atoms with Gasteiger partial charge in [-0.1, -0.05) is 35.9 Å². The molecule has 0 heterocycles. The highest BCUT2D eigenvalue weighted by Crippen LogP contribution is 2.15. The van der Waals surface area contributed by atoms with Gasteiger partial charge in [0.05, 0.1) is 12.5 Å². The van der Waals surface area contributed by atoms with Crippen molar-refractivity contribution in [2.24, 2.45) is 0 Å². The van der Waals surface area contributed by atoms with Gasteiger partial charge in [-0.25, -0.2) is 0 Å². The SMILES string of the molecule is Nc1ccc(CC(=O)NCC(O)c2ccc(Cl)cc2)cc1. The predicted octanol–water partition coefficient (Wildman–Crippen LogP) is 2.31. The summed E-state index contributed by atoms with van der Waals surface area (Å²) in [6, 6.07) is 14.0. The molecular weight excluding hydrogens is 288 g/mol. The van der Waals surface area contributed by atoms with E-state index in [1.165, 1.54) is 0 Å². The smallest absolute Gasteiger partial charge is 0.224 e. The van der Waals surface area contributed by atoms with Gasteiger partial charge >= 0.3 is 0 Å². The third kappa shape index (κ3) is 4.77. The zero-order valence-electron chi connectivity index (χ0n) is 11.4. The van der Waals surface area contributed by atoms with Crippen molar-refractivity contribution in [3.63, 3.8) is 0 Å². The van der Waals surface area contributed by atoms with Crippen LogP contribution in [-0.4, -0.2) is 17.6 Å². The van der Waals surface area contributed by atoms with Gasteiger partial charge in [0.15, 0.2) is 0 Å². The lowest BCUT2D eigenvalue weighted by Gasteiger charge is -2.12. The number of benzene rings is 2. The standard InChI is InChI=1S/C16H17ClN2O2/c17-13-5-3-12(4-6-13)15(20)10-19-16(21)9-11-1-7-14(18)8-2-11/h1-8,15,20H,9-10,18H2,(H,19,21). The Hall–Kier alpha value is -2.04. The molecular formula is C16H17ClN2O2. The minimum Gasteiger partial charge on any atom is -0.399 e. The highest BCUT2D eigenvalue weighted by atomic mass is 35.5. The Morgan fingerprint density at radius 1 is 1.14 bits per heavy atom. The Kier molecular flexibility index (Phi) is 5.20. The first-order chi connectivity index (χ1) is 10.0. The number of nitrogens with two attached hydrogens (primary N) is 1. The number of rotatable bonds is 5. The molecule has 4 nitrogen and oxygen atoms in total. The first kappa shape index (κ1) is 15.4. The van der Waals surface area contributed by atoms with E-state index in [2.05, 4.69) is 5.32 Å². The second kappa shape index (κ2) is 7.11. The molecule has 0 aromatic heterocycles. The van der Waals surface area contributed by atoms with Crippen LogP contribution in [-0.2, 0) is 11.2 Å². The number of aliphatic hydroxyl groups is 1. The summed E-state index contributed by atoms with van der Waals surface area (Å²) in [5.41, 5.74) is 7.84. The molecule has 0 aliphatic heterocycles. The minimum atomic E-state index is -0.752. The van der Waals surface area contributed by atoms with E-state index in [1.807, 2.05) is 12.1 Å². The van der Waals surface area contributed by atoms with Gasteiger partial charge in [-0.05, 0) is 35.4 Å². The molecule has 2 rings (SSSR count). The van der Waals surface area contributed by atoms with Crippen molar-refractivity contribution in [1.29, 1.82) is 0 Å². The lowest BCUT2D eigenvalue weighted by molar-refractivity contribution is -0.120. The van der Waals surface area contributed by atoms with Gasteiger partial charge in [0.25, 0.3) is 0 Å². The van der Waals surface area contributed by atoms with Crippen LogP contribution in [0.25, 0.3) is 0 Å². The Bertz CT molecular complexity index is 597. The number of nitrogen functional groups attached to an aromatic ring is 1. The molecule has 0 bridgehead atoms. The van der Waals surface area contributed by atoms with Crippen LogP contribution in [0.3, 0.4) is 0 Å². The van der Waals surface area contributed by atoms with Crippen LogP contribution in [0, 0.1) is 0 Å². The summed E-state index contributed by atoms with van der Waals surface area (Å²) in [4.78, 5) is 11.8. The molecule has 2 aromatic carbocycles. The molecule has 0 saturated carbocycles. The summed E-state index contributed by atoms with van der Waals surface area (Å²) in [5, 5.41) is 13.3. The minimum absolute atomic E-state index is 0.146. The normalized spacial score (nSPS) is 11.9. The van der Waals surface area contributed by atoms with Crippen molar-refractivity contribution in [3.05, 3.63) is 64.7 Å². The van der Waals surface area contributed by atoms with Crippen molar-refractivity contribution in [2.75, 3.05) is 12.3 Å². The molecule has 0 spiro atoms. The Labute approximate surface area is 128 Å². The van der Waals surface area contributed by atoms with Crippen LogP contribution in [0.15, 0.2) is 48.5 Å². The van der Waals surface area contributed by atoms with Crippen molar-refractivity contribution in [2.45, 2.75) is 12.5 Å². The number of carbonyl (C=O) groups excluding carboxylic acids is 1. The second-order valence-electron chi connectivity index (χ2n) is 4.79. The number of anilines is 1. The Morgan fingerprint density at radius 3 is 2.38 bits per heavy atom. The van der Waals surface area contributed by atoms with Gasteiger partial charge in [0.1, 0.15) is 0 Å². The number of hydrogen-bond donors (Lipinski definition) is 3. The topological polar surface area (TPSA) is 75.4 Å². The lowest BCUT2D eigenvalue weighted by Crippen LogP contribution is -2.29. The first-order valence-electron chi connectivity index (χ1n) is 6.59. The van der Waals surface area contributed by atoms with Crippen LogP contribution < -0.4 is 11.1 Å². The molecule has 0 fully saturated rings. The molecule has 1 amide bonds. The molecule has 0 radical (unpaired) electrons. The molecule has 110 valence electrons. The highest BCUT2D eigenvalue weighted by Gasteiger charge is 2.10. The summed E-state index contributed by atoms with van der Waals surface area (Å²) >= 11 is 5.78. The fourth-order valence-corrected chi connectivity index (χ4v) is 2.02.